The highest BCUT2D eigenvalue weighted by atomic mass is 28.4. The third-order valence-corrected chi connectivity index (χ3v) is 10.9. The standard InChI is InChI=1S/C31H65NO12Si/c1-30(2,3)44-29(33)32-9-10-34-11-12-35-13-14-36-15-16-37-17-18-38-19-20-39-21-22-40-23-24-41-25-26-42-27-28-43-45(7,8)31(4,5)6/h9-28H2,1-8H3,(H,32,33). The zero-order valence-corrected chi connectivity index (χ0v) is 30.5. The van der Waals surface area contributed by atoms with E-state index in [0.29, 0.717) is 132 Å². The minimum Gasteiger partial charge on any atom is -0.444 e. The molecule has 0 heterocycles. The highest BCUT2D eigenvalue weighted by molar-refractivity contribution is 6.74. The van der Waals surface area contributed by atoms with E-state index in [1.54, 1.807) is 0 Å². The third kappa shape index (κ3) is 31.5. The van der Waals surface area contributed by atoms with Crippen LogP contribution in [0.2, 0.25) is 18.1 Å². The fourth-order valence-electron chi connectivity index (χ4n) is 2.97. The molecule has 270 valence electrons. The molecule has 0 spiro atoms. The molecule has 0 saturated carbocycles. The quantitative estimate of drug-likeness (QED) is 0.0852. The number of hydrogen-bond acceptors (Lipinski definition) is 12. The lowest BCUT2D eigenvalue weighted by Crippen LogP contribution is -2.41. The fraction of sp³-hybridized carbons (Fsp3) is 0.968. The first-order chi connectivity index (χ1) is 21.4. The van der Waals surface area contributed by atoms with Crippen molar-refractivity contribution in [3.8, 4) is 0 Å². The highest BCUT2D eigenvalue weighted by Gasteiger charge is 2.36. The van der Waals surface area contributed by atoms with Crippen LogP contribution in [0.3, 0.4) is 0 Å². The van der Waals surface area contributed by atoms with Gasteiger partial charge in [-0.05, 0) is 38.9 Å². The Morgan fingerprint density at radius 3 is 1.00 bits per heavy atom. The molecule has 14 heteroatoms. The predicted octanol–water partition coefficient (Wildman–Crippen LogP) is 3.68. The van der Waals surface area contributed by atoms with Gasteiger partial charge in [-0.3, -0.25) is 0 Å². The molecule has 0 aliphatic carbocycles. The van der Waals surface area contributed by atoms with Gasteiger partial charge in [-0.25, -0.2) is 4.79 Å². The van der Waals surface area contributed by atoms with Crippen LogP contribution in [0.4, 0.5) is 4.79 Å². The van der Waals surface area contributed by atoms with Gasteiger partial charge in [0.05, 0.1) is 126 Å². The second kappa shape index (κ2) is 28.1. The van der Waals surface area contributed by atoms with Gasteiger partial charge in [0, 0.05) is 6.54 Å². The van der Waals surface area contributed by atoms with E-state index in [9.17, 15) is 4.79 Å². The van der Waals surface area contributed by atoms with Crippen molar-refractivity contribution in [3.63, 3.8) is 0 Å². The molecule has 0 bridgehead atoms. The van der Waals surface area contributed by atoms with Crippen LogP contribution in [0.1, 0.15) is 41.5 Å². The fourth-order valence-corrected chi connectivity index (χ4v) is 4.00. The molecule has 0 saturated heterocycles. The largest absolute Gasteiger partial charge is 0.444 e. The number of amides is 1. The Bertz CT molecular complexity index is 674. The molecular weight excluding hydrogens is 606 g/mol. The van der Waals surface area contributed by atoms with Crippen LogP contribution >= 0.6 is 0 Å². The molecule has 0 aromatic heterocycles. The molecular formula is C31H65NO12Si. The Morgan fingerprint density at radius 2 is 0.733 bits per heavy atom. The van der Waals surface area contributed by atoms with Gasteiger partial charge in [0.2, 0.25) is 0 Å². The number of carbonyl (C=O) groups is 1. The molecule has 1 N–H and O–H groups in total. The number of rotatable bonds is 31. The SMILES string of the molecule is CC(C)(C)OC(=O)NCCOCCOCCOCCOCCOCCOCCOCCOCCOCCO[Si](C)(C)C(C)(C)C. The zero-order chi connectivity index (χ0) is 33.7. The Kier molecular flexibility index (Phi) is 27.6. The molecule has 0 aliphatic heterocycles. The summed E-state index contributed by atoms with van der Waals surface area (Å²) >= 11 is 0. The third-order valence-electron chi connectivity index (χ3n) is 6.39. The first-order valence-corrected chi connectivity index (χ1v) is 19.1. The molecule has 0 aromatic rings. The van der Waals surface area contributed by atoms with Gasteiger partial charge in [0.25, 0.3) is 0 Å². The number of ether oxygens (including phenoxy) is 10. The van der Waals surface area contributed by atoms with Gasteiger partial charge in [0.1, 0.15) is 5.60 Å². The van der Waals surface area contributed by atoms with Crippen molar-refractivity contribution >= 4 is 14.4 Å². The number of hydrogen-bond donors (Lipinski definition) is 1. The van der Waals surface area contributed by atoms with Crippen LogP contribution in [-0.2, 0) is 51.8 Å². The normalized spacial score (nSPS) is 12.5. The molecule has 1 amide bonds. The topological polar surface area (TPSA) is 131 Å². The number of alkyl carbamates (subject to hydrolysis) is 1. The van der Waals surface area contributed by atoms with E-state index in [1.807, 2.05) is 20.8 Å². The van der Waals surface area contributed by atoms with Gasteiger partial charge in [-0.15, -0.1) is 0 Å². The zero-order valence-electron chi connectivity index (χ0n) is 29.5. The lowest BCUT2D eigenvalue weighted by molar-refractivity contribution is -0.0254. The van der Waals surface area contributed by atoms with Gasteiger partial charge in [-0.1, -0.05) is 20.8 Å². The van der Waals surface area contributed by atoms with Crippen molar-refractivity contribution in [2.75, 3.05) is 132 Å². The van der Waals surface area contributed by atoms with Crippen LogP contribution < -0.4 is 5.32 Å². The van der Waals surface area contributed by atoms with Gasteiger partial charge in [0.15, 0.2) is 8.32 Å². The average molecular weight is 672 g/mol. The van der Waals surface area contributed by atoms with E-state index in [4.69, 9.17) is 51.8 Å². The summed E-state index contributed by atoms with van der Waals surface area (Å²) in [5.74, 6) is 0. The summed E-state index contributed by atoms with van der Waals surface area (Å²) in [6, 6.07) is 0. The van der Waals surface area contributed by atoms with E-state index >= 15 is 0 Å². The van der Waals surface area contributed by atoms with E-state index < -0.39 is 20.0 Å². The van der Waals surface area contributed by atoms with Gasteiger partial charge in [-0.2, -0.15) is 0 Å². The maximum atomic E-state index is 11.5. The van der Waals surface area contributed by atoms with E-state index in [0.717, 1.165) is 0 Å². The monoisotopic (exact) mass is 671 g/mol. The molecule has 0 radical (unpaired) electrons. The maximum absolute atomic E-state index is 11.5. The lowest BCUT2D eigenvalue weighted by atomic mass is 10.2. The van der Waals surface area contributed by atoms with Crippen LogP contribution in [0.5, 0.6) is 0 Å². The summed E-state index contributed by atoms with van der Waals surface area (Å²) in [6.45, 7) is 26.7. The number of carbonyl (C=O) groups excluding carboxylic acids is 1. The van der Waals surface area contributed by atoms with Crippen molar-refractivity contribution in [2.24, 2.45) is 0 Å². The van der Waals surface area contributed by atoms with Crippen molar-refractivity contribution in [3.05, 3.63) is 0 Å². The van der Waals surface area contributed by atoms with Crippen LogP contribution in [0.25, 0.3) is 0 Å². The summed E-state index contributed by atoms with van der Waals surface area (Å²) in [6.07, 6.45) is -0.450. The van der Waals surface area contributed by atoms with Gasteiger partial charge >= 0.3 is 6.09 Å². The van der Waals surface area contributed by atoms with Crippen LogP contribution in [0.15, 0.2) is 0 Å². The summed E-state index contributed by atoms with van der Waals surface area (Å²) in [4.78, 5) is 11.5. The molecule has 0 fully saturated rings. The minimum atomic E-state index is -1.70. The summed E-state index contributed by atoms with van der Waals surface area (Å²) in [7, 11) is -1.70. The van der Waals surface area contributed by atoms with Gasteiger partial charge < -0.3 is 57.1 Å². The maximum Gasteiger partial charge on any atom is 0.407 e. The van der Waals surface area contributed by atoms with E-state index in [-0.39, 0.29) is 5.04 Å². The molecule has 0 atom stereocenters. The first-order valence-electron chi connectivity index (χ1n) is 16.2. The van der Waals surface area contributed by atoms with E-state index in [1.165, 1.54) is 0 Å². The molecule has 0 unspecified atom stereocenters. The minimum absolute atomic E-state index is 0.215. The van der Waals surface area contributed by atoms with Crippen molar-refractivity contribution < 1.29 is 56.6 Å². The smallest absolute Gasteiger partial charge is 0.407 e. The van der Waals surface area contributed by atoms with Crippen molar-refractivity contribution in [1.82, 2.24) is 5.32 Å². The number of nitrogens with one attached hydrogen (secondary N) is 1. The second-order valence-electron chi connectivity index (χ2n) is 12.5. The summed E-state index contributed by atoms with van der Waals surface area (Å²) in [5.41, 5.74) is -0.509. The van der Waals surface area contributed by atoms with E-state index in [2.05, 4.69) is 39.2 Å². The summed E-state index contributed by atoms with van der Waals surface area (Å²) in [5, 5.41) is 2.85. The van der Waals surface area contributed by atoms with Crippen LogP contribution in [0, 0.1) is 0 Å². The Labute approximate surface area is 273 Å². The Hall–Kier alpha value is -0.913. The Morgan fingerprint density at radius 1 is 0.467 bits per heavy atom. The lowest BCUT2D eigenvalue weighted by Gasteiger charge is -2.36. The predicted molar refractivity (Wildman–Crippen MR) is 175 cm³/mol. The first kappa shape index (κ1) is 44.1. The Balaban J connectivity index is 3.18. The molecule has 45 heavy (non-hydrogen) atoms. The van der Waals surface area contributed by atoms with Crippen molar-refractivity contribution in [2.45, 2.75) is 65.3 Å². The van der Waals surface area contributed by atoms with Crippen LogP contribution in [-0.4, -0.2) is 152 Å². The summed E-state index contributed by atoms with van der Waals surface area (Å²) < 4.78 is 60.5. The van der Waals surface area contributed by atoms with Crippen molar-refractivity contribution in [1.29, 1.82) is 0 Å². The second-order valence-corrected chi connectivity index (χ2v) is 17.4. The molecule has 0 aromatic carbocycles. The molecule has 0 aliphatic rings. The highest BCUT2D eigenvalue weighted by Crippen LogP contribution is 2.36. The average Bonchev–Trinajstić information content (AvgIpc) is 2.94. The molecule has 0 rings (SSSR count). The molecule has 13 nitrogen and oxygen atoms in total.